The van der Waals surface area contributed by atoms with Crippen LogP contribution in [0.5, 0.6) is 0 Å². The van der Waals surface area contributed by atoms with Gasteiger partial charge in [-0.15, -0.1) is 0 Å². The summed E-state index contributed by atoms with van der Waals surface area (Å²) in [5.41, 5.74) is -0.245. The van der Waals surface area contributed by atoms with Crippen LogP contribution in [-0.4, -0.2) is 47.3 Å². The van der Waals surface area contributed by atoms with E-state index in [2.05, 4.69) is 32.6 Å². The SMILES string of the molecule is CC[C@H]1[C@H]([C@@]2(O)CC[C@H](c3ccc(=O)oc3)C2(C)C)CC[C@@H]2C[C@@H](OC(=O)CN3CCCC3)CC[C@@]21C. The Hall–Kier alpha value is -1.66. The molecule has 0 amide bonds. The largest absolute Gasteiger partial charge is 0.461 e. The second kappa shape index (κ2) is 10.1. The summed E-state index contributed by atoms with van der Waals surface area (Å²) in [5, 5.41) is 12.5. The quantitative estimate of drug-likeness (QED) is 0.504. The molecule has 1 N–H and O–H groups in total. The number of likely N-dealkylation sites (tertiary alicyclic amines) is 1. The number of ether oxygens (including phenoxy) is 1. The monoisotopic (exact) mass is 513 g/mol. The summed E-state index contributed by atoms with van der Waals surface area (Å²) in [6, 6.07) is 3.38. The van der Waals surface area contributed by atoms with Crippen molar-refractivity contribution in [2.75, 3.05) is 19.6 Å². The molecule has 3 saturated carbocycles. The van der Waals surface area contributed by atoms with Crippen molar-refractivity contribution in [3.63, 3.8) is 0 Å². The second-order valence-corrected chi connectivity index (χ2v) is 13.4. The van der Waals surface area contributed by atoms with Gasteiger partial charge >= 0.3 is 11.6 Å². The molecule has 3 aliphatic carbocycles. The van der Waals surface area contributed by atoms with Crippen LogP contribution >= 0.6 is 0 Å². The van der Waals surface area contributed by atoms with Crippen LogP contribution in [0.1, 0.15) is 103 Å². The minimum atomic E-state index is -0.762. The van der Waals surface area contributed by atoms with Gasteiger partial charge in [0.1, 0.15) is 6.10 Å². The first-order chi connectivity index (χ1) is 17.6. The van der Waals surface area contributed by atoms with Crippen molar-refractivity contribution >= 4 is 5.97 Å². The van der Waals surface area contributed by atoms with E-state index in [4.69, 9.17) is 9.15 Å². The Morgan fingerprint density at radius 2 is 1.86 bits per heavy atom. The highest BCUT2D eigenvalue weighted by atomic mass is 16.5. The van der Waals surface area contributed by atoms with Crippen LogP contribution in [0.2, 0.25) is 0 Å². The van der Waals surface area contributed by atoms with Gasteiger partial charge in [0.15, 0.2) is 0 Å². The third-order valence-electron chi connectivity index (χ3n) is 11.5. The van der Waals surface area contributed by atoms with Gasteiger partial charge in [0, 0.05) is 11.5 Å². The normalized spacial score (nSPS) is 39.9. The van der Waals surface area contributed by atoms with E-state index in [1.165, 1.54) is 18.9 Å². The number of esters is 1. The highest BCUT2D eigenvalue weighted by Crippen LogP contribution is 2.65. The molecule has 37 heavy (non-hydrogen) atoms. The van der Waals surface area contributed by atoms with E-state index in [0.29, 0.717) is 18.4 Å². The van der Waals surface area contributed by atoms with E-state index in [9.17, 15) is 14.7 Å². The van der Waals surface area contributed by atoms with Crippen molar-refractivity contribution in [2.24, 2.45) is 28.6 Å². The molecule has 6 nitrogen and oxygen atoms in total. The zero-order chi connectivity index (χ0) is 26.4. The topological polar surface area (TPSA) is 80.0 Å². The smallest absolute Gasteiger partial charge is 0.335 e. The summed E-state index contributed by atoms with van der Waals surface area (Å²) in [7, 11) is 0. The van der Waals surface area contributed by atoms with Crippen LogP contribution in [0, 0.1) is 28.6 Å². The van der Waals surface area contributed by atoms with E-state index >= 15 is 0 Å². The third-order valence-corrected chi connectivity index (χ3v) is 11.5. The van der Waals surface area contributed by atoms with Crippen molar-refractivity contribution in [1.82, 2.24) is 4.90 Å². The molecular formula is C31H47NO5. The number of carbonyl (C=O) groups is 1. The third kappa shape index (κ3) is 4.71. The Balaban J connectivity index is 1.29. The second-order valence-electron chi connectivity index (χ2n) is 13.4. The van der Waals surface area contributed by atoms with Gasteiger partial charge in [0.25, 0.3) is 0 Å². The van der Waals surface area contributed by atoms with Gasteiger partial charge in [-0.05, 0) is 112 Å². The van der Waals surface area contributed by atoms with Gasteiger partial charge in [-0.1, -0.05) is 34.1 Å². The minimum Gasteiger partial charge on any atom is -0.461 e. The zero-order valence-electron chi connectivity index (χ0n) is 23.3. The molecule has 1 aromatic rings. The Morgan fingerprint density at radius 1 is 1.11 bits per heavy atom. The van der Waals surface area contributed by atoms with Gasteiger partial charge in [-0.25, -0.2) is 4.79 Å². The standard InChI is InChI=1S/C31H47NO5/c1-5-24-26(31(35)15-13-25(29(31,2)3)21-8-11-27(33)36-20-21)10-9-22-18-23(12-14-30(22,24)4)37-28(34)19-32-16-6-7-17-32/h8,11,20,22-26,35H,5-7,9-10,12-19H2,1-4H3/t22-,23+,24+,25-,26-,30+,31+/m1/s1. The Bertz CT molecular complexity index is 1010. The van der Waals surface area contributed by atoms with E-state index in [1.54, 1.807) is 6.26 Å². The molecule has 206 valence electrons. The summed E-state index contributed by atoms with van der Waals surface area (Å²) in [4.78, 5) is 26.4. The van der Waals surface area contributed by atoms with Crippen molar-refractivity contribution < 1.29 is 19.1 Å². The summed E-state index contributed by atoms with van der Waals surface area (Å²) in [5.74, 6) is 1.31. The first-order valence-electron chi connectivity index (χ1n) is 14.8. The molecule has 1 saturated heterocycles. The molecule has 4 fully saturated rings. The number of fused-ring (bicyclic) bond motifs is 1. The Labute approximate surface area is 222 Å². The van der Waals surface area contributed by atoms with Crippen molar-refractivity contribution in [2.45, 2.75) is 110 Å². The van der Waals surface area contributed by atoms with E-state index < -0.39 is 5.60 Å². The maximum absolute atomic E-state index is 12.6. The molecule has 6 heteroatoms. The molecule has 0 radical (unpaired) electrons. The fourth-order valence-corrected chi connectivity index (χ4v) is 9.30. The van der Waals surface area contributed by atoms with Crippen LogP contribution in [-0.2, 0) is 9.53 Å². The van der Waals surface area contributed by atoms with E-state index in [1.807, 2.05) is 6.07 Å². The highest BCUT2D eigenvalue weighted by Gasteiger charge is 2.63. The van der Waals surface area contributed by atoms with Gasteiger partial charge < -0.3 is 14.3 Å². The molecule has 7 atom stereocenters. The predicted octanol–water partition coefficient (Wildman–Crippen LogP) is 5.52. The lowest BCUT2D eigenvalue weighted by molar-refractivity contribution is -0.179. The molecule has 5 rings (SSSR count). The molecule has 1 aliphatic heterocycles. The molecule has 1 aromatic heterocycles. The van der Waals surface area contributed by atoms with Crippen LogP contribution in [0.4, 0.5) is 0 Å². The summed E-state index contributed by atoms with van der Waals surface area (Å²) < 4.78 is 11.2. The molecule has 0 unspecified atom stereocenters. The van der Waals surface area contributed by atoms with Gasteiger partial charge in [-0.2, -0.15) is 0 Å². The first-order valence-corrected chi connectivity index (χ1v) is 14.8. The summed E-state index contributed by atoms with van der Waals surface area (Å²) >= 11 is 0. The van der Waals surface area contributed by atoms with Crippen LogP contribution in [0.15, 0.2) is 27.6 Å². The molecule has 2 heterocycles. The van der Waals surface area contributed by atoms with Crippen molar-refractivity contribution in [1.29, 1.82) is 0 Å². The zero-order valence-corrected chi connectivity index (χ0v) is 23.3. The number of carbonyl (C=O) groups excluding carboxylic acids is 1. The maximum atomic E-state index is 12.6. The van der Waals surface area contributed by atoms with E-state index in [0.717, 1.165) is 70.0 Å². The summed E-state index contributed by atoms with van der Waals surface area (Å²) in [6.45, 7) is 11.6. The van der Waals surface area contributed by atoms with Crippen LogP contribution < -0.4 is 5.63 Å². The number of nitrogens with zero attached hydrogens (tertiary/aromatic N) is 1. The van der Waals surface area contributed by atoms with Crippen molar-refractivity contribution in [3.05, 3.63) is 34.4 Å². The van der Waals surface area contributed by atoms with Gasteiger partial charge in [0.2, 0.25) is 0 Å². The number of aliphatic hydroxyl groups is 1. The average Bonchev–Trinajstić information content (AvgIpc) is 3.45. The molecular weight excluding hydrogens is 466 g/mol. The number of hydrogen-bond acceptors (Lipinski definition) is 6. The van der Waals surface area contributed by atoms with E-state index in [-0.39, 0.29) is 40.4 Å². The fraction of sp³-hybridized carbons (Fsp3) is 0.806. The lowest BCUT2D eigenvalue weighted by Crippen LogP contribution is -2.58. The highest BCUT2D eigenvalue weighted by molar-refractivity contribution is 5.71. The fourth-order valence-electron chi connectivity index (χ4n) is 9.30. The molecule has 0 spiro atoms. The maximum Gasteiger partial charge on any atom is 0.335 e. The molecule has 4 aliphatic rings. The Kier molecular flexibility index (Phi) is 7.38. The lowest BCUT2D eigenvalue weighted by atomic mass is 9.47. The van der Waals surface area contributed by atoms with Crippen LogP contribution in [0.25, 0.3) is 0 Å². The average molecular weight is 514 g/mol. The molecule has 0 bridgehead atoms. The van der Waals surface area contributed by atoms with Gasteiger partial charge in [-0.3, -0.25) is 9.69 Å². The van der Waals surface area contributed by atoms with Gasteiger partial charge in [0.05, 0.1) is 18.4 Å². The first kappa shape index (κ1) is 26.9. The predicted molar refractivity (Wildman–Crippen MR) is 143 cm³/mol. The van der Waals surface area contributed by atoms with Crippen LogP contribution in [0.3, 0.4) is 0 Å². The Morgan fingerprint density at radius 3 is 2.54 bits per heavy atom. The molecule has 0 aromatic carbocycles. The number of hydrogen-bond donors (Lipinski definition) is 1. The summed E-state index contributed by atoms with van der Waals surface area (Å²) in [6.07, 6.45) is 11.8. The number of rotatable bonds is 6. The van der Waals surface area contributed by atoms with Crippen molar-refractivity contribution in [3.8, 4) is 0 Å². The lowest BCUT2D eigenvalue weighted by Gasteiger charge is -2.59. The minimum absolute atomic E-state index is 0.0327.